The molecule has 1 saturated heterocycles. The summed E-state index contributed by atoms with van der Waals surface area (Å²) < 4.78 is 26.6. The summed E-state index contributed by atoms with van der Waals surface area (Å²) in [4.78, 5) is 26.5. The van der Waals surface area contributed by atoms with E-state index in [0.29, 0.717) is 12.6 Å². The standard InChI is InChI=1S/C13H14F2N2O2/c1-4-16-12(19)17(11(18)13(16,2)3)10-6-5-8(14)7-9(10)15/h5-7H,4H2,1-3H3. The van der Waals surface area contributed by atoms with Crippen molar-refractivity contribution in [1.82, 2.24) is 4.90 Å². The Morgan fingerprint density at radius 2 is 1.84 bits per heavy atom. The van der Waals surface area contributed by atoms with Gasteiger partial charge in [-0.2, -0.15) is 0 Å². The number of amides is 3. The third-order valence-electron chi connectivity index (χ3n) is 3.29. The summed E-state index contributed by atoms with van der Waals surface area (Å²) in [5.74, 6) is -2.22. The highest BCUT2D eigenvalue weighted by molar-refractivity contribution is 6.23. The molecule has 6 heteroatoms. The van der Waals surface area contributed by atoms with E-state index in [1.54, 1.807) is 20.8 Å². The molecule has 2 rings (SSSR count). The number of imide groups is 1. The van der Waals surface area contributed by atoms with Crippen LogP contribution in [0, 0.1) is 11.6 Å². The molecular formula is C13H14F2N2O2. The van der Waals surface area contributed by atoms with E-state index in [0.717, 1.165) is 17.0 Å². The molecule has 0 spiro atoms. The number of carbonyl (C=O) groups excluding carboxylic acids is 2. The molecule has 0 radical (unpaired) electrons. The van der Waals surface area contributed by atoms with Crippen molar-refractivity contribution in [2.24, 2.45) is 0 Å². The van der Waals surface area contributed by atoms with E-state index in [-0.39, 0.29) is 5.69 Å². The van der Waals surface area contributed by atoms with Crippen molar-refractivity contribution < 1.29 is 18.4 Å². The fraction of sp³-hybridized carbons (Fsp3) is 0.385. The topological polar surface area (TPSA) is 40.6 Å². The Labute approximate surface area is 109 Å². The van der Waals surface area contributed by atoms with Gasteiger partial charge in [-0.25, -0.2) is 18.5 Å². The van der Waals surface area contributed by atoms with Crippen molar-refractivity contribution in [2.45, 2.75) is 26.3 Å². The Morgan fingerprint density at radius 1 is 1.21 bits per heavy atom. The van der Waals surface area contributed by atoms with Gasteiger partial charge in [-0.15, -0.1) is 0 Å². The van der Waals surface area contributed by atoms with Gasteiger partial charge in [0.05, 0.1) is 5.69 Å². The van der Waals surface area contributed by atoms with Crippen molar-refractivity contribution in [1.29, 1.82) is 0 Å². The molecule has 0 atom stereocenters. The largest absolute Gasteiger partial charge is 0.332 e. The quantitative estimate of drug-likeness (QED) is 0.773. The van der Waals surface area contributed by atoms with E-state index in [1.165, 1.54) is 4.90 Å². The van der Waals surface area contributed by atoms with Crippen LogP contribution in [0.15, 0.2) is 18.2 Å². The molecule has 0 unspecified atom stereocenters. The highest BCUT2D eigenvalue weighted by Gasteiger charge is 2.51. The van der Waals surface area contributed by atoms with Crippen molar-refractivity contribution >= 4 is 17.6 Å². The molecule has 1 aliphatic rings. The van der Waals surface area contributed by atoms with Gasteiger partial charge in [-0.3, -0.25) is 4.79 Å². The Kier molecular flexibility index (Phi) is 3.04. The first-order valence-electron chi connectivity index (χ1n) is 5.92. The fourth-order valence-electron chi connectivity index (χ4n) is 2.24. The fourth-order valence-corrected chi connectivity index (χ4v) is 2.24. The summed E-state index contributed by atoms with van der Waals surface area (Å²) in [6.07, 6.45) is 0. The summed E-state index contributed by atoms with van der Waals surface area (Å²) in [6.45, 7) is 5.25. The number of nitrogens with zero attached hydrogens (tertiary/aromatic N) is 2. The molecule has 0 N–H and O–H groups in total. The summed E-state index contributed by atoms with van der Waals surface area (Å²) in [5.41, 5.74) is -1.26. The maximum atomic E-state index is 13.7. The number of rotatable bonds is 2. The van der Waals surface area contributed by atoms with Crippen LogP contribution < -0.4 is 4.90 Å². The van der Waals surface area contributed by atoms with E-state index in [9.17, 15) is 18.4 Å². The van der Waals surface area contributed by atoms with Gasteiger partial charge in [-0.1, -0.05) is 0 Å². The number of halogens is 2. The lowest BCUT2D eigenvalue weighted by Gasteiger charge is -2.25. The van der Waals surface area contributed by atoms with E-state index in [1.807, 2.05) is 0 Å². The minimum Gasteiger partial charge on any atom is -0.310 e. The van der Waals surface area contributed by atoms with Gasteiger partial charge < -0.3 is 4.90 Å². The van der Waals surface area contributed by atoms with Crippen LogP contribution in [0.25, 0.3) is 0 Å². The second kappa shape index (κ2) is 4.29. The Hall–Kier alpha value is -1.98. The molecule has 1 fully saturated rings. The van der Waals surface area contributed by atoms with E-state index >= 15 is 0 Å². The second-order valence-electron chi connectivity index (χ2n) is 4.82. The van der Waals surface area contributed by atoms with E-state index < -0.39 is 29.1 Å². The summed E-state index contributed by atoms with van der Waals surface area (Å²) in [6, 6.07) is 2.16. The van der Waals surface area contributed by atoms with Crippen LogP contribution >= 0.6 is 0 Å². The predicted molar refractivity (Wildman–Crippen MR) is 65.7 cm³/mol. The van der Waals surface area contributed by atoms with Gasteiger partial charge >= 0.3 is 6.03 Å². The van der Waals surface area contributed by atoms with Crippen LogP contribution in [-0.2, 0) is 4.79 Å². The number of hydrogen-bond donors (Lipinski definition) is 0. The maximum absolute atomic E-state index is 13.7. The molecule has 1 aliphatic heterocycles. The molecule has 0 aliphatic carbocycles. The first kappa shape index (κ1) is 13.5. The molecule has 1 heterocycles. The second-order valence-corrected chi connectivity index (χ2v) is 4.82. The molecule has 0 aromatic heterocycles. The van der Waals surface area contributed by atoms with Gasteiger partial charge in [0.15, 0.2) is 0 Å². The van der Waals surface area contributed by atoms with Crippen LogP contribution in [0.5, 0.6) is 0 Å². The molecule has 102 valence electrons. The maximum Gasteiger partial charge on any atom is 0.332 e. The Balaban J connectivity index is 2.51. The highest BCUT2D eigenvalue weighted by atomic mass is 19.1. The zero-order valence-corrected chi connectivity index (χ0v) is 10.9. The van der Waals surface area contributed by atoms with Crippen LogP contribution in [0.3, 0.4) is 0 Å². The first-order valence-corrected chi connectivity index (χ1v) is 5.92. The molecular weight excluding hydrogens is 254 g/mol. The molecule has 19 heavy (non-hydrogen) atoms. The predicted octanol–water partition coefficient (Wildman–Crippen LogP) is 2.53. The number of benzene rings is 1. The Morgan fingerprint density at radius 3 is 2.32 bits per heavy atom. The van der Waals surface area contributed by atoms with E-state index in [4.69, 9.17) is 0 Å². The molecule has 4 nitrogen and oxygen atoms in total. The van der Waals surface area contributed by atoms with Crippen LogP contribution in [0.4, 0.5) is 19.3 Å². The number of carbonyl (C=O) groups is 2. The van der Waals surface area contributed by atoms with Crippen molar-refractivity contribution in [3.05, 3.63) is 29.8 Å². The zero-order chi connectivity index (χ0) is 14.4. The smallest absolute Gasteiger partial charge is 0.310 e. The van der Waals surface area contributed by atoms with Crippen molar-refractivity contribution in [3.63, 3.8) is 0 Å². The highest BCUT2D eigenvalue weighted by Crippen LogP contribution is 2.33. The summed E-state index contributed by atoms with van der Waals surface area (Å²) >= 11 is 0. The molecule has 1 aromatic rings. The van der Waals surface area contributed by atoms with Gasteiger partial charge in [0, 0.05) is 12.6 Å². The average Bonchev–Trinajstić information content (AvgIpc) is 2.48. The van der Waals surface area contributed by atoms with Gasteiger partial charge in [0.2, 0.25) is 0 Å². The number of urea groups is 1. The number of hydrogen-bond acceptors (Lipinski definition) is 2. The van der Waals surface area contributed by atoms with Crippen molar-refractivity contribution in [2.75, 3.05) is 11.4 Å². The molecule has 0 bridgehead atoms. The van der Waals surface area contributed by atoms with Gasteiger partial charge in [-0.05, 0) is 32.9 Å². The SMILES string of the molecule is CCN1C(=O)N(c2ccc(F)cc2F)C(=O)C1(C)C. The van der Waals surface area contributed by atoms with E-state index in [2.05, 4.69) is 0 Å². The lowest BCUT2D eigenvalue weighted by atomic mass is 10.0. The van der Waals surface area contributed by atoms with Crippen LogP contribution in [0.2, 0.25) is 0 Å². The zero-order valence-electron chi connectivity index (χ0n) is 10.9. The number of anilines is 1. The first-order chi connectivity index (χ1) is 8.80. The third kappa shape index (κ3) is 1.87. The normalized spacial score (nSPS) is 18.4. The van der Waals surface area contributed by atoms with Gasteiger partial charge in [0.1, 0.15) is 17.2 Å². The minimum absolute atomic E-state index is 0.222. The average molecular weight is 268 g/mol. The number of likely N-dealkylation sites (N-methyl/N-ethyl adjacent to an activating group) is 1. The lowest BCUT2D eigenvalue weighted by Crippen LogP contribution is -2.43. The summed E-state index contributed by atoms with van der Waals surface area (Å²) in [5, 5.41) is 0. The Bertz CT molecular complexity index is 558. The molecule has 3 amide bonds. The van der Waals surface area contributed by atoms with Crippen LogP contribution in [0.1, 0.15) is 20.8 Å². The van der Waals surface area contributed by atoms with Crippen LogP contribution in [-0.4, -0.2) is 28.9 Å². The van der Waals surface area contributed by atoms with Gasteiger partial charge in [0.25, 0.3) is 5.91 Å². The van der Waals surface area contributed by atoms with Crippen molar-refractivity contribution in [3.8, 4) is 0 Å². The monoisotopic (exact) mass is 268 g/mol. The minimum atomic E-state index is -1.04. The lowest BCUT2D eigenvalue weighted by molar-refractivity contribution is -0.123. The third-order valence-corrected chi connectivity index (χ3v) is 3.29. The molecule has 0 saturated carbocycles. The molecule has 1 aromatic carbocycles. The summed E-state index contributed by atoms with van der Waals surface area (Å²) in [7, 11) is 0.